The first-order valence-electron chi connectivity index (χ1n) is 8.79. The van der Waals surface area contributed by atoms with Crippen LogP contribution in [0.5, 0.6) is 0 Å². The van der Waals surface area contributed by atoms with Crippen LogP contribution in [-0.2, 0) is 14.8 Å². The first kappa shape index (κ1) is 17.3. The lowest BCUT2D eigenvalue weighted by molar-refractivity contribution is -0.133. The minimum absolute atomic E-state index is 0.0258. The molecule has 0 saturated carbocycles. The predicted molar refractivity (Wildman–Crippen MR) is 97.4 cm³/mol. The molecule has 140 valence electrons. The first-order valence-corrected chi connectivity index (χ1v) is 10.6. The largest absolute Gasteiger partial charge is 0.423 e. The average molecular weight is 378 g/mol. The third-order valence-corrected chi connectivity index (χ3v) is 6.39. The number of nitrogens with zero attached hydrogens (tertiary/aromatic N) is 4. The van der Waals surface area contributed by atoms with Crippen molar-refractivity contribution in [3.63, 3.8) is 0 Å². The number of aromatic nitrogens is 1. The van der Waals surface area contributed by atoms with E-state index >= 15 is 0 Å². The molecule has 2 fully saturated rings. The first-order chi connectivity index (χ1) is 12.4. The van der Waals surface area contributed by atoms with Gasteiger partial charge in [-0.05, 0) is 25.0 Å². The highest BCUT2D eigenvalue weighted by atomic mass is 32.2. The Morgan fingerprint density at radius 2 is 1.88 bits per heavy atom. The quantitative estimate of drug-likeness (QED) is 0.789. The number of hydrogen-bond acceptors (Lipinski definition) is 6. The van der Waals surface area contributed by atoms with Crippen LogP contribution in [0.15, 0.2) is 28.7 Å². The van der Waals surface area contributed by atoms with Crippen molar-refractivity contribution in [2.75, 3.05) is 43.9 Å². The number of oxazole rings is 1. The Kier molecular flexibility index (Phi) is 4.36. The Balaban J connectivity index is 1.49. The third-order valence-electron chi connectivity index (χ3n) is 5.09. The van der Waals surface area contributed by atoms with Crippen molar-refractivity contribution in [1.29, 1.82) is 0 Å². The molecular weight excluding hydrogens is 356 g/mol. The number of piperazine rings is 1. The summed E-state index contributed by atoms with van der Waals surface area (Å²) in [6.45, 7) is 2.26. The third kappa shape index (κ3) is 3.16. The van der Waals surface area contributed by atoms with Crippen LogP contribution in [0.25, 0.3) is 11.1 Å². The summed E-state index contributed by atoms with van der Waals surface area (Å²) in [6.07, 6.45) is 2.86. The minimum Gasteiger partial charge on any atom is -0.423 e. The van der Waals surface area contributed by atoms with Gasteiger partial charge in [0.15, 0.2) is 5.58 Å². The molecule has 8 nitrogen and oxygen atoms in total. The molecule has 0 N–H and O–H groups in total. The van der Waals surface area contributed by atoms with Crippen LogP contribution >= 0.6 is 0 Å². The van der Waals surface area contributed by atoms with Gasteiger partial charge in [0.25, 0.3) is 6.01 Å². The van der Waals surface area contributed by atoms with E-state index in [0.29, 0.717) is 37.8 Å². The zero-order chi connectivity index (χ0) is 18.3. The van der Waals surface area contributed by atoms with E-state index in [1.54, 1.807) is 4.90 Å². The maximum atomic E-state index is 13.0. The van der Waals surface area contributed by atoms with Crippen molar-refractivity contribution >= 4 is 33.0 Å². The van der Waals surface area contributed by atoms with Gasteiger partial charge in [-0.25, -0.2) is 8.42 Å². The molecule has 26 heavy (non-hydrogen) atoms. The highest BCUT2D eigenvalue weighted by Crippen LogP contribution is 2.29. The summed E-state index contributed by atoms with van der Waals surface area (Å²) in [4.78, 5) is 21.2. The lowest BCUT2D eigenvalue weighted by Crippen LogP contribution is -2.54. The molecule has 0 aliphatic carbocycles. The fourth-order valence-corrected chi connectivity index (χ4v) is 4.51. The molecule has 4 rings (SSSR count). The van der Waals surface area contributed by atoms with Gasteiger partial charge in [-0.1, -0.05) is 12.1 Å². The van der Waals surface area contributed by atoms with Gasteiger partial charge >= 0.3 is 0 Å². The van der Waals surface area contributed by atoms with E-state index in [-0.39, 0.29) is 11.9 Å². The summed E-state index contributed by atoms with van der Waals surface area (Å²) >= 11 is 0. The normalized spacial score (nSPS) is 22.3. The Labute approximate surface area is 152 Å². The molecule has 0 bridgehead atoms. The molecule has 1 aromatic heterocycles. The van der Waals surface area contributed by atoms with Gasteiger partial charge in [0.05, 0.1) is 6.26 Å². The monoisotopic (exact) mass is 378 g/mol. The van der Waals surface area contributed by atoms with Gasteiger partial charge < -0.3 is 14.2 Å². The number of hydrogen-bond donors (Lipinski definition) is 0. The van der Waals surface area contributed by atoms with Crippen LogP contribution in [-0.4, -0.2) is 73.5 Å². The maximum Gasteiger partial charge on any atom is 0.299 e. The lowest BCUT2D eigenvalue weighted by atomic mass is 10.2. The predicted octanol–water partition coefficient (Wildman–Crippen LogP) is 0.900. The van der Waals surface area contributed by atoms with Gasteiger partial charge in [-0.3, -0.25) is 4.79 Å². The molecule has 2 aromatic rings. The maximum absolute atomic E-state index is 13.0. The second-order valence-electron chi connectivity index (χ2n) is 6.80. The van der Waals surface area contributed by atoms with E-state index < -0.39 is 10.0 Å². The smallest absolute Gasteiger partial charge is 0.299 e. The van der Waals surface area contributed by atoms with Crippen molar-refractivity contribution in [2.45, 2.75) is 18.9 Å². The standard InChI is InChI=1S/C17H22N4O4S/c1-26(23,24)20-11-9-19(10-12-20)16(22)14-6-4-8-21(14)17-18-13-5-2-3-7-15(13)25-17/h2-3,5,7,14H,4,6,8-12H2,1H3. The van der Waals surface area contributed by atoms with Gasteiger partial charge in [-0.2, -0.15) is 9.29 Å². The highest BCUT2D eigenvalue weighted by Gasteiger charge is 2.37. The number of rotatable bonds is 3. The SMILES string of the molecule is CS(=O)(=O)N1CCN(C(=O)C2CCCN2c2nc3ccccc3o2)CC1. The number of carbonyl (C=O) groups excluding carboxylic acids is 1. The zero-order valence-corrected chi connectivity index (χ0v) is 15.5. The summed E-state index contributed by atoms with van der Waals surface area (Å²) in [5.74, 6) is 0.0258. The molecule has 0 radical (unpaired) electrons. The van der Waals surface area contributed by atoms with Crippen molar-refractivity contribution in [3.8, 4) is 0 Å². The van der Waals surface area contributed by atoms with Gasteiger partial charge in [0.2, 0.25) is 15.9 Å². The number of para-hydroxylation sites is 2. The van der Waals surface area contributed by atoms with Crippen LogP contribution in [0.3, 0.4) is 0 Å². The summed E-state index contributed by atoms with van der Waals surface area (Å²) < 4.78 is 30.5. The van der Waals surface area contributed by atoms with Crippen molar-refractivity contribution in [3.05, 3.63) is 24.3 Å². The van der Waals surface area contributed by atoms with Crippen molar-refractivity contribution < 1.29 is 17.6 Å². The Morgan fingerprint density at radius 1 is 1.15 bits per heavy atom. The molecule has 1 amide bonds. The Morgan fingerprint density at radius 3 is 2.58 bits per heavy atom. The number of carbonyl (C=O) groups is 1. The number of benzene rings is 1. The van der Waals surface area contributed by atoms with E-state index in [1.165, 1.54) is 10.6 Å². The number of amides is 1. The average Bonchev–Trinajstić information content (AvgIpc) is 3.26. The molecule has 2 aliphatic heterocycles. The molecule has 3 heterocycles. The van der Waals surface area contributed by atoms with E-state index in [0.717, 1.165) is 24.9 Å². The van der Waals surface area contributed by atoms with Gasteiger partial charge in [0, 0.05) is 32.7 Å². The highest BCUT2D eigenvalue weighted by molar-refractivity contribution is 7.88. The topological polar surface area (TPSA) is 87.0 Å². The van der Waals surface area contributed by atoms with Gasteiger partial charge in [-0.15, -0.1) is 0 Å². The van der Waals surface area contributed by atoms with E-state index in [4.69, 9.17) is 4.42 Å². The number of anilines is 1. The van der Waals surface area contributed by atoms with Crippen LogP contribution in [0.4, 0.5) is 6.01 Å². The molecule has 1 unspecified atom stereocenters. The number of sulfonamides is 1. The van der Waals surface area contributed by atoms with E-state index in [1.807, 2.05) is 29.2 Å². The second-order valence-corrected chi connectivity index (χ2v) is 8.79. The summed E-state index contributed by atoms with van der Waals surface area (Å²) in [5.41, 5.74) is 1.49. The van der Waals surface area contributed by atoms with Gasteiger partial charge in [0.1, 0.15) is 11.6 Å². The Bertz CT molecular complexity index is 885. The molecule has 1 aromatic carbocycles. The van der Waals surface area contributed by atoms with Crippen LogP contribution in [0.2, 0.25) is 0 Å². The molecule has 2 aliphatic rings. The molecule has 0 spiro atoms. The lowest BCUT2D eigenvalue weighted by Gasteiger charge is -2.36. The Hall–Kier alpha value is -2.13. The summed E-state index contributed by atoms with van der Waals surface area (Å²) in [6, 6.07) is 7.74. The van der Waals surface area contributed by atoms with Crippen LogP contribution in [0, 0.1) is 0 Å². The van der Waals surface area contributed by atoms with Crippen molar-refractivity contribution in [1.82, 2.24) is 14.2 Å². The number of fused-ring (bicyclic) bond motifs is 1. The zero-order valence-electron chi connectivity index (χ0n) is 14.7. The summed E-state index contributed by atoms with van der Waals surface area (Å²) in [7, 11) is -3.20. The fourth-order valence-electron chi connectivity index (χ4n) is 3.69. The molecule has 2 saturated heterocycles. The fraction of sp³-hybridized carbons (Fsp3) is 0.529. The van der Waals surface area contributed by atoms with Crippen LogP contribution in [0.1, 0.15) is 12.8 Å². The molecular formula is C17H22N4O4S. The van der Waals surface area contributed by atoms with Crippen LogP contribution < -0.4 is 4.90 Å². The minimum atomic E-state index is -3.20. The van der Waals surface area contributed by atoms with E-state index in [9.17, 15) is 13.2 Å². The van der Waals surface area contributed by atoms with Crippen molar-refractivity contribution in [2.24, 2.45) is 0 Å². The molecule has 9 heteroatoms. The molecule has 1 atom stereocenters. The second kappa shape index (κ2) is 6.55. The summed E-state index contributed by atoms with van der Waals surface area (Å²) in [5, 5.41) is 0. The van der Waals surface area contributed by atoms with E-state index in [2.05, 4.69) is 4.98 Å².